The van der Waals surface area contributed by atoms with Crippen LogP contribution >= 0.6 is 0 Å². The predicted molar refractivity (Wildman–Crippen MR) is 130 cm³/mol. The van der Waals surface area contributed by atoms with Gasteiger partial charge in [0.05, 0.1) is 0 Å². The Morgan fingerprint density at radius 2 is 1.40 bits per heavy atom. The minimum Gasteiger partial charge on any atom is -0.386 e. The van der Waals surface area contributed by atoms with Crippen LogP contribution < -0.4 is 0 Å². The van der Waals surface area contributed by atoms with Crippen molar-refractivity contribution in [1.29, 1.82) is 0 Å². The molecule has 1 aliphatic rings. The third-order valence-corrected chi connectivity index (χ3v) is 6.81. The number of rotatable bonds is 11. The molecule has 3 rings (SSSR count). The molecular formula is C28H36O7. The zero-order valence-corrected chi connectivity index (χ0v) is 20.4. The van der Waals surface area contributed by atoms with Gasteiger partial charge in [-0.1, -0.05) is 74.5 Å². The van der Waals surface area contributed by atoms with Crippen molar-refractivity contribution in [2.24, 2.45) is 0 Å². The van der Waals surface area contributed by atoms with Crippen molar-refractivity contribution >= 4 is 11.6 Å². The number of ether oxygens (including phenoxy) is 1. The Labute approximate surface area is 206 Å². The normalized spacial score (nSPS) is 29.5. The highest BCUT2D eigenvalue weighted by Gasteiger charge is 2.66. The molecule has 2 aromatic carbocycles. The van der Waals surface area contributed by atoms with Crippen molar-refractivity contribution in [3.8, 4) is 0 Å². The number of hydrogen-bond acceptors (Lipinski definition) is 7. The summed E-state index contributed by atoms with van der Waals surface area (Å²) in [6, 6.07) is 17.7. The van der Waals surface area contributed by atoms with E-state index >= 15 is 0 Å². The van der Waals surface area contributed by atoms with Gasteiger partial charge in [0.15, 0.2) is 11.6 Å². The van der Waals surface area contributed by atoms with Gasteiger partial charge in [-0.15, -0.1) is 0 Å². The van der Waals surface area contributed by atoms with E-state index in [1.54, 1.807) is 68.4 Å². The maximum atomic E-state index is 13.0. The van der Waals surface area contributed by atoms with Crippen LogP contribution in [0.1, 0.15) is 57.1 Å². The summed E-state index contributed by atoms with van der Waals surface area (Å²) < 4.78 is 5.76. The van der Waals surface area contributed by atoms with E-state index in [1.165, 1.54) is 0 Å². The van der Waals surface area contributed by atoms with E-state index in [0.29, 0.717) is 24.0 Å². The van der Waals surface area contributed by atoms with Crippen LogP contribution in [0.5, 0.6) is 0 Å². The van der Waals surface area contributed by atoms with Gasteiger partial charge in [0.1, 0.15) is 23.4 Å². The molecular weight excluding hydrogens is 448 g/mol. The Hall–Kier alpha value is -2.42. The second-order valence-electron chi connectivity index (χ2n) is 9.61. The number of carbonyl (C=O) groups is 2. The summed E-state index contributed by atoms with van der Waals surface area (Å²) in [5, 5.41) is 46.7. The zero-order chi connectivity index (χ0) is 25.7. The minimum atomic E-state index is -2.47. The smallest absolute Gasteiger partial charge is 0.229 e. The average molecular weight is 485 g/mol. The van der Waals surface area contributed by atoms with E-state index in [9.17, 15) is 30.0 Å². The molecule has 0 aliphatic carbocycles. The third kappa shape index (κ3) is 5.71. The van der Waals surface area contributed by atoms with Gasteiger partial charge in [0.25, 0.3) is 0 Å². The predicted octanol–water partition coefficient (Wildman–Crippen LogP) is 2.51. The van der Waals surface area contributed by atoms with Crippen LogP contribution in [0.2, 0.25) is 0 Å². The average Bonchev–Trinajstić information content (AvgIpc) is 2.83. The van der Waals surface area contributed by atoms with E-state index in [-0.39, 0.29) is 25.7 Å². The van der Waals surface area contributed by atoms with Crippen LogP contribution in [-0.2, 0) is 27.2 Å². The zero-order valence-electron chi connectivity index (χ0n) is 20.4. The first-order valence-corrected chi connectivity index (χ1v) is 12.3. The van der Waals surface area contributed by atoms with Crippen LogP contribution in [0, 0.1) is 0 Å². The fourth-order valence-corrected chi connectivity index (χ4v) is 4.96. The van der Waals surface area contributed by atoms with Crippen molar-refractivity contribution in [3.05, 3.63) is 71.8 Å². The van der Waals surface area contributed by atoms with Gasteiger partial charge in [-0.05, 0) is 24.0 Å². The molecule has 0 saturated carbocycles. The molecule has 0 radical (unpaired) electrons. The standard InChI is InChI=1S/C28H36O7/c1-3-11-22(29)24(31)25-27(33,18-21-15-9-6-10-16-21)26(32,17-20-13-7-5-8-14-20)19-28(34,35-25)23(30)12-4-2/h5-10,13-16,24-25,31-34H,3-4,11-12,17-19H2,1-2H3/t24?,25-,26-,27-,28-/m1/s1. The second-order valence-corrected chi connectivity index (χ2v) is 9.61. The van der Waals surface area contributed by atoms with Crippen LogP contribution in [0.25, 0.3) is 0 Å². The van der Waals surface area contributed by atoms with Gasteiger partial charge in [-0.3, -0.25) is 9.59 Å². The summed E-state index contributed by atoms with van der Waals surface area (Å²) in [6.07, 6.45) is -3.64. The summed E-state index contributed by atoms with van der Waals surface area (Å²) in [5.41, 5.74) is -3.03. The molecule has 1 unspecified atom stereocenters. The number of ketones is 2. The number of aliphatic hydroxyl groups excluding tert-OH is 1. The number of aliphatic hydroxyl groups is 4. The summed E-state index contributed by atoms with van der Waals surface area (Å²) in [5.74, 6) is -3.74. The molecule has 0 spiro atoms. The van der Waals surface area contributed by atoms with Crippen molar-refractivity contribution in [2.75, 3.05) is 0 Å². The van der Waals surface area contributed by atoms with Gasteiger partial charge in [0.2, 0.25) is 5.79 Å². The molecule has 7 nitrogen and oxygen atoms in total. The molecule has 0 aromatic heterocycles. The van der Waals surface area contributed by atoms with Crippen LogP contribution in [0.15, 0.2) is 60.7 Å². The quantitative estimate of drug-likeness (QED) is 0.386. The summed E-state index contributed by atoms with van der Waals surface area (Å²) >= 11 is 0. The van der Waals surface area contributed by atoms with Crippen molar-refractivity contribution < 1.29 is 34.8 Å². The molecule has 190 valence electrons. The lowest BCUT2D eigenvalue weighted by molar-refractivity contribution is -0.353. The van der Waals surface area contributed by atoms with Crippen molar-refractivity contribution in [2.45, 2.75) is 88.0 Å². The Morgan fingerprint density at radius 3 is 1.91 bits per heavy atom. The highest BCUT2D eigenvalue weighted by Crippen LogP contribution is 2.47. The molecule has 1 aliphatic heterocycles. The summed E-state index contributed by atoms with van der Waals surface area (Å²) in [6.45, 7) is 3.54. The topological polar surface area (TPSA) is 124 Å². The molecule has 4 N–H and O–H groups in total. The highest BCUT2D eigenvalue weighted by molar-refractivity contribution is 5.87. The lowest BCUT2D eigenvalue weighted by atomic mass is 9.64. The molecule has 1 heterocycles. The fourth-order valence-electron chi connectivity index (χ4n) is 4.96. The first-order chi connectivity index (χ1) is 16.6. The third-order valence-electron chi connectivity index (χ3n) is 6.81. The van der Waals surface area contributed by atoms with Crippen LogP contribution in [0.3, 0.4) is 0 Å². The van der Waals surface area contributed by atoms with Crippen LogP contribution in [-0.4, -0.2) is 61.2 Å². The van der Waals surface area contributed by atoms with Gasteiger partial charge in [-0.25, -0.2) is 0 Å². The molecule has 0 bridgehead atoms. The second kappa shape index (κ2) is 11.1. The Bertz CT molecular complexity index is 995. The van der Waals surface area contributed by atoms with Gasteiger partial charge in [0, 0.05) is 32.1 Å². The van der Waals surface area contributed by atoms with Crippen LogP contribution in [0.4, 0.5) is 0 Å². The Morgan fingerprint density at radius 1 is 0.886 bits per heavy atom. The van der Waals surface area contributed by atoms with Gasteiger partial charge >= 0.3 is 0 Å². The Kier molecular flexibility index (Phi) is 8.62. The molecule has 2 aromatic rings. The maximum Gasteiger partial charge on any atom is 0.229 e. The molecule has 7 heteroatoms. The van der Waals surface area contributed by atoms with E-state index in [1.807, 2.05) is 6.07 Å². The SMILES string of the molecule is CCCC(=O)C(O)[C@H]1O[C@@](O)(C(=O)CCC)C[C@](O)(Cc2ccccc2)[C@@]1(O)Cc1ccccc1. The van der Waals surface area contributed by atoms with E-state index < -0.39 is 47.2 Å². The first kappa shape index (κ1) is 27.2. The largest absolute Gasteiger partial charge is 0.386 e. The van der Waals surface area contributed by atoms with Crippen molar-refractivity contribution in [1.82, 2.24) is 0 Å². The van der Waals surface area contributed by atoms with Gasteiger partial charge < -0.3 is 25.2 Å². The summed E-state index contributed by atoms with van der Waals surface area (Å²) in [4.78, 5) is 25.7. The maximum absolute atomic E-state index is 13.0. The van der Waals surface area contributed by atoms with E-state index in [4.69, 9.17) is 4.74 Å². The Balaban J connectivity index is 2.16. The minimum absolute atomic E-state index is 0.0148. The van der Waals surface area contributed by atoms with Gasteiger partial charge in [-0.2, -0.15) is 0 Å². The number of Topliss-reactive ketones (excluding diaryl/α,β-unsaturated/α-hetero) is 2. The highest BCUT2D eigenvalue weighted by atomic mass is 16.7. The fraction of sp³-hybridized carbons (Fsp3) is 0.500. The molecule has 35 heavy (non-hydrogen) atoms. The lowest BCUT2D eigenvalue weighted by Crippen LogP contribution is -2.75. The molecule has 0 amide bonds. The number of benzene rings is 2. The van der Waals surface area contributed by atoms with Crippen molar-refractivity contribution in [3.63, 3.8) is 0 Å². The molecule has 1 fully saturated rings. The first-order valence-electron chi connectivity index (χ1n) is 12.3. The number of carbonyl (C=O) groups excluding carboxylic acids is 2. The molecule has 5 atom stereocenters. The number of hydrogen-bond donors (Lipinski definition) is 4. The van der Waals surface area contributed by atoms with E-state index in [2.05, 4.69) is 0 Å². The van der Waals surface area contributed by atoms with E-state index in [0.717, 1.165) is 0 Å². The lowest BCUT2D eigenvalue weighted by Gasteiger charge is -2.56. The summed E-state index contributed by atoms with van der Waals surface area (Å²) in [7, 11) is 0. The molecule has 1 saturated heterocycles. The monoisotopic (exact) mass is 484 g/mol.